The van der Waals surface area contributed by atoms with Crippen LogP contribution in [0.25, 0.3) is 166 Å². The fourth-order valence-electron chi connectivity index (χ4n) is 20.6. The SMILES string of the molecule is CC1(C)c2cc(-c3ccc4ccccc4c3-c3ccccc3)ccc2-c2ccc(N(c3ccccc3)c3ccccc3)cc21.c1ccc(-c2c(-c3ccc4c(c3)oc3cc(N(c5ccccc5)c5ccccc5)ccc34)ccc3ccccc23)cc1.c1ccc(-c2ccc(N(c3ccc(-c4ccccc4)cc3)c3ccc(-c4ccc5ccccc5c4-c4ccccc4-c4ccccc4)cc3)cc2)cc1. The van der Waals surface area contributed by atoms with E-state index in [0.717, 1.165) is 73.0 Å². The molecule has 0 amide bonds. The molecule has 1 aromatic heterocycles. The van der Waals surface area contributed by atoms with Gasteiger partial charge in [0.05, 0.1) is 0 Å². The zero-order valence-corrected chi connectivity index (χ0v) is 77.3. The molecule has 0 fully saturated rings. The van der Waals surface area contributed by atoms with E-state index in [1.165, 1.54) is 155 Å². The van der Waals surface area contributed by atoms with Crippen LogP contribution in [0.2, 0.25) is 0 Å². The van der Waals surface area contributed by atoms with E-state index in [0.29, 0.717) is 0 Å². The van der Waals surface area contributed by atoms with Crippen LogP contribution in [0, 0.1) is 0 Å². The quantitative estimate of drug-likeness (QED) is 0.0854. The van der Waals surface area contributed by atoms with Crippen LogP contribution in [-0.4, -0.2) is 0 Å². The Balaban J connectivity index is 0.000000117. The van der Waals surface area contributed by atoms with Gasteiger partial charge in [-0.05, 0) is 282 Å². The second kappa shape index (κ2) is 37.8. The molecule has 658 valence electrons. The van der Waals surface area contributed by atoms with Gasteiger partial charge >= 0.3 is 0 Å². The summed E-state index contributed by atoms with van der Waals surface area (Å²) in [5.41, 5.74) is 39.0. The van der Waals surface area contributed by atoms with Crippen LogP contribution in [0.15, 0.2) is 556 Å². The standard InChI is InChI=1S/C52H37N.C43H33N.C40H27NO/c1-4-14-38(15-5-1)40-24-31-45(32-25-40)53(46-33-26-41(27-34-46)39-16-6-2-7-17-39)47-35-28-44(29-36-47)50-37-30-43-20-10-11-22-49(43)52(50)51-23-13-12-21-48(51)42-18-8-3-9-19-42;1-43(2)40-28-32(37-25-22-30-14-12-13-21-36(30)42(37)31-15-6-3-7-16-31)23-26-38(40)39-27-24-35(29-41(39)43)44(33-17-8-4-9-18-33)34-19-10-5-11-20-34;1-4-13-29(14-5-1)40-34-19-11-10-12-28(34)20-23-35(40)30-21-24-36-37-25-22-33(27-39(37)42-38(36)26-30)41(31-15-6-2-7-16-31)32-17-8-3-9-18-32/h1-37H;3-29H,1-2H3;1-27H. The van der Waals surface area contributed by atoms with Gasteiger partial charge < -0.3 is 19.1 Å². The second-order valence-electron chi connectivity index (χ2n) is 36.1. The van der Waals surface area contributed by atoms with Gasteiger partial charge in [0.25, 0.3) is 0 Å². The molecule has 1 aliphatic rings. The number of para-hydroxylation sites is 4. The summed E-state index contributed by atoms with van der Waals surface area (Å²) in [5, 5.41) is 9.74. The number of benzene rings is 23. The Kier molecular flexibility index (Phi) is 23.2. The van der Waals surface area contributed by atoms with Crippen molar-refractivity contribution in [3.63, 3.8) is 0 Å². The van der Waals surface area contributed by atoms with E-state index in [-0.39, 0.29) is 5.41 Å². The smallest absolute Gasteiger partial charge is 0.137 e. The third kappa shape index (κ3) is 16.9. The van der Waals surface area contributed by atoms with Gasteiger partial charge in [-0.15, -0.1) is 0 Å². The van der Waals surface area contributed by atoms with Gasteiger partial charge in [-0.2, -0.15) is 0 Å². The lowest BCUT2D eigenvalue weighted by Crippen LogP contribution is -2.16. The van der Waals surface area contributed by atoms with Crippen molar-refractivity contribution in [2.75, 3.05) is 14.7 Å². The molecule has 0 aliphatic heterocycles. The van der Waals surface area contributed by atoms with Gasteiger partial charge in [-0.25, -0.2) is 0 Å². The maximum atomic E-state index is 6.58. The Labute approximate surface area is 812 Å². The van der Waals surface area contributed by atoms with E-state index in [2.05, 4.69) is 568 Å². The van der Waals surface area contributed by atoms with Crippen LogP contribution >= 0.6 is 0 Å². The molecule has 0 saturated heterocycles. The molecule has 4 nitrogen and oxygen atoms in total. The fourth-order valence-corrected chi connectivity index (χ4v) is 20.6. The summed E-state index contributed by atoms with van der Waals surface area (Å²) in [6, 6.07) is 198. The molecule has 1 heterocycles. The Morgan fingerprint density at radius 2 is 0.410 bits per heavy atom. The molecular weight excluding hydrogens is 1680 g/mol. The molecule has 23 aromatic carbocycles. The summed E-state index contributed by atoms with van der Waals surface area (Å²) in [6.45, 7) is 4.75. The summed E-state index contributed by atoms with van der Waals surface area (Å²) in [5.74, 6) is 0. The van der Waals surface area contributed by atoms with E-state index < -0.39 is 0 Å². The lowest BCUT2D eigenvalue weighted by molar-refractivity contribution is 0.660. The second-order valence-corrected chi connectivity index (χ2v) is 36.1. The average molecular weight is 1780 g/mol. The molecule has 0 unspecified atom stereocenters. The number of furan rings is 1. The number of rotatable bonds is 18. The van der Waals surface area contributed by atoms with E-state index >= 15 is 0 Å². The van der Waals surface area contributed by atoms with E-state index in [1.54, 1.807) is 0 Å². The highest BCUT2D eigenvalue weighted by atomic mass is 16.3. The summed E-state index contributed by atoms with van der Waals surface area (Å²) in [6.07, 6.45) is 0. The molecule has 0 saturated carbocycles. The van der Waals surface area contributed by atoms with Crippen molar-refractivity contribution in [1.82, 2.24) is 0 Å². The van der Waals surface area contributed by atoms with Gasteiger partial charge in [0.1, 0.15) is 11.2 Å². The zero-order chi connectivity index (χ0) is 93.0. The number of hydrogen-bond donors (Lipinski definition) is 0. The first-order chi connectivity index (χ1) is 68.7. The van der Waals surface area contributed by atoms with Crippen molar-refractivity contribution < 1.29 is 4.42 Å². The van der Waals surface area contributed by atoms with Crippen molar-refractivity contribution >= 4 is 105 Å². The molecule has 139 heavy (non-hydrogen) atoms. The number of anilines is 9. The first kappa shape index (κ1) is 85.2. The van der Waals surface area contributed by atoms with Crippen molar-refractivity contribution in [2.45, 2.75) is 19.3 Å². The summed E-state index contributed by atoms with van der Waals surface area (Å²) in [7, 11) is 0. The normalized spacial score (nSPS) is 11.7. The van der Waals surface area contributed by atoms with Gasteiger partial charge in [0.15, 0.2) is 0 Å². The lowest BCUT2D eigenvalue weighted by Gasteiger charge is -2.28. The van der Waals surface area contributed by atoms with E-state index in [9.17, 15) is 0 Å². The van der Waals surface area contributed by atoms with Crippen LogP contribution in [0.1, 0.15) is 25.0 Å². The van der Waals surface area contributed by atoms with Crippen molar-refractivity contribution in [3.05, 3.63) is 563 Å². The third-order valence-corrected chi connectivity index (χ3v) is 27.4. The highest BCUT2D eigenvalue weighted by Crippen LogP contribution is 2.54. The maximum absolute atomic E-state index is 6.58. The molecule has 25 rings (SSSR count). The number of fused-ring (bicyclic) bond motifs is 9. The monoisotopic (exact) mass is 1780 g/mol. The topological polar surface area (TPSA) is 22.9 Å². The van der Waals surface area contributed by atoms with Crippen molar-refractivity contribution in [2.24, 2.45) is 0 Å². The highest BCUT2D eigenvalue weighted by Gasteiger charge is 2.37. The maximum Gasteiger partial charge on any atom is 0.137 e. The van der Waals surface area contributed by atoms with Crippen molar-refractivity contribution in [1.29, 1.82) is 0 Å². The lowest BCUT2D eigenvalue weighted by atomic mass is 9.80. The molecule has 4 heteroatoms. The first-order valence-corrected chi connectivity index (χ1v) is 47.8. The molecule has 0 spiro atoms. The minimum Gasteiger partial charge on any atom is -0.456 e. The summed E-state index contributed by atoms with van der Waals surface area (Å²) >= 11 is 0. The van der Waals surface area contributed by atoms with Crippen LogP contribution in [0.3, 0.4) is 0 Å². The van der Waals surface area contributed by atoms with Gasteiger partial charge in [0.2, 0.25) is 0 Å². The Morgan fingerprint density at radius 3 is 0.849 bits per heavy atom. The fraction of sp³-hybridized carbons (Fsp3) is 0.0222. The molecule has 0 atom stereocenters. The molecule has 1 aliphatic carbocycles. The summed E-state index contributed by atoms with van der Waals surface area (Å²) in [4.78, 5) is 6.96. The number of nitrogens with zero attached hydrogens (tertiary/aromatic N) is 3. The third-order valence-electron chi connectivity index (χ3n) is 27.4. The van der Waals surface area contributed by atoms with Crippen LogP contribution in [0.5, 0.6) is 0 Å². The minimum atomic E-state index is -0.153. The molecule has 0 radical (unpaired) electrons. The molecule has 0 N–H and O–H groups in total. The predicted octanol–water partition coefficient (Wildman–Crippen LogP) is 38.1. The number of hydrogen-bond acceptors (Lipinski definition) is 4. The van der Waals surface area contributed by atoms with Crippen molar-refractivity contribution in [3.8, 4) is 111 Å². The Morgan fingerprint density at radius 1 is 0.151 bits per heavy atom. The largest absolute Gasteiger partial charge is 0.456 e. The predicted molar refractivity (Wildman–Crippen MR) is 590 cm³/mol. The first-order valence-electron chi connectivity index (χ1n) is 47.8. The Bertz CT molecular complexity index is 8350. The van der Waals surface area contributed by atoms with Gasteiger partial charge in [-0.1, -0.05) is 432 Å². The van der Waals surface area contributed by atoms with Crippen LogP contribution in [-0.2, 0) is 5.41 Å². The summed E-state index contributed by atoms with van der Waals surface area (Å²) < 4.78 is 6.58. The highest BCUT2D eigenvalue weighted by molar-refractivity contribution is 6.12. The zero-order valence-electron chi connectivity index (χ0n) is 77.3. The molecule has 0 bridgehead atoms. The molecular formula is C135H97N3O. The van der Waals surface area contributed by atoms with Crippen LogP contribution in [0.4, 0.5) is 51.2 Å². The average Bonchev–Trinajstić information content (AvgIpc) is 1.57. The van der Waals surface area contributed by atoms with Gasteiger partial charge in [-0.3, -0.25) is 0 Å². The van der Waals surface area contributed by atoms with Gasteiger partial charge in [0, 0.05) is 73.4 Å². The molecule has 24 aromatic rings. The minimum absolute atomic E-state index is 0.153. The van der Waals surface area contributed by atoms with Crippen LogP contribution < -0.4 is 14.7 Å². The van der Waals surface area contributed by atoms with E-state index in [4.69, 9.17) is 4.42 Å². The van der Waals surface area contributed by atoms with E-state index in [1.807, 2.05) is 12.1 Å². The Hall–Kier alpha value is -18.0.